The predicted octanol–water partition coefficient (Wildman–Crippen LogP) is -0.501. The average molecular weight is 172 g/mol. The average Bonchev–Trinajstić information content (AvgIpc) is 2.05. The van der Waals surface area contributed by atoms with Crippen LogP contribution in [0.1, 0.15) is 13.8 Å². The number of nitrogens with one attached hydrogen (secondary N) is 2. The van der Waals surface area contributed by atoms with Crippen LogP contribution >= 0.6 is 0 Å². The van der Waals surface area contributed by atoms with Gasteiger partial charge in [0.25, 0.3) is 5.91 Å². The van der Waals surface area contributed by atoms with Crippen molar-refractivity contribution in [3.63, 3.8) is 0 Å². The summed E-state index contributed by atoms with van der Waals surface area (Å²) in [5, 5.41) is 5.91. The Morgan fingerprint density at radius 1 is 1.67 bits per heavy atom. The second-order valence-electron chi connectivity index (χ2n) is 3.23. The van der Waals surface area contributed by atoms with E-state index in [-0.39, 0.29) is 18.1 Å². The number of carbonyl (C=O) groups excluding carboxylic acids is 1. The van der Waals surface area contributed by atoms with Crippen LogP contribution in [0.25, 0.3) is 0 Å². The Morgan fingerprint density at radius 3 is 2.92 bits per heavy atom. The Morgan fingerprint density at radius 2 is 2.42 bits per heavy atom. The molecule has 0 aliphatic carbocycles. The van der Waals surface area contributed by atoms with Crippen LogP contribution in [0, 0.1) is 0 Å². The zero-order chi connectivity index (χ0) is 8.97. The molecule has 1 fully saturated rings. The van der Waals surface area contributed by atoms with Crippen LogP contribution in [0.5, 0.6) is 0 Å². The van der Waals surface area contributed by atoms with Gasteiger partial charge in [-0.3, -0.25) is 4.79 Å². The van der Waals surface area contributed by atoms with Crippen molar-refractivity contribution in [2.45, 2.75) is 26.0 Å². The first-order valence-corrected chi connectivity index (χ1v) is 4.33. The van der Waals surface area contributed by atoms with Crippen LogP contribution in [-0.4, -0.2) is 37.7 Å². The fourth-order valence-corrected chi connectivity index (χ4v) is 1.11. The zero-order valence-corrected chi connectivity index (χ0v) is 7.59. The minimum Gasteiger partial charge on any atom is -0.366 e. The number of carbonyl (C=O) groups is 1. The quantitative estimate of drug-likeness (QED) is 0.590. The molecule has 0 bridgehead atoms. The van der Waals surface area contributed by atoms with Gasteiger partial charge in [0.1, 0.15) is 6.10 Å². The van der Waals surface area contributed by atoms with E-state index in [9.17, 15) is 4.79 Å². The van der Waals surface area contributed by atoms with Crippen molar-refractivity contribution in [3.8, 4) is 0 Å². The predicted molar refractivity (Wildman–Crippen MR) is 45.9 cm³/mol. The first kappa shape index (κ1) is 9.48. The maximum atomic E-state index is 11.3. The fraction of sp³-hybridized carbons (Fsp3) is 0.875. The van der Waals surface area contributed by atoms with Crippen molar-refractivity contribution in [2.24, 2.45) is 0 Å². The lowest BCUT2D eigenvalue weighted by molar-refractivity contribution is -0.134. The molecule has 1 aliphatic rings. The van der Waals surface area contributed by atoms with E-state index in [2.05, 4.69) is 10.6 Å². The van der Waals surface area contributed by atoms with Crippen molar-refractivity contribution in [2.75, 3.05) is 19.7 Å². The molecule has 1 atom stereocenters. The molecule has 0 spiro atoms. The van der Waals surface area contributed by atoms with Gasteiger partial charge in [0, 0.05) is 19.1 Å². The third-order valence-corrected chi connectivity index (χ3v) is 1.65. The second kappa shape index (κ2) is 4.42. The summed E-state index contributed by atoms with van der Waals surface area (Å²) in [6.45, 7) is 5.96. The summed E-state index contributed by atoms with van der Waals surface area (Å²) in [5.41, 5.74) is 0. The van der Waals surface area contributed by atoms with E-state index in [0.29, 0.717) is 13.2 Å². The second-order valence-corrected chi connectivity index (χ2v) is 3.23. The molecule has 1 saturated heterocycles. The number of hydrogen-bond donors (Lipinski definition) is 2. The highest BCUT2D eigenvalue weighted by molar-refractivity contribution is 5.81. The molecule has 1 heterocycles. The SMILES string of the molecule is CC(C)NC(=O)[C@@H]1CNCCO1. The summed E-state index contributed by atoms with van der Waals surface area (Å²) < 4.78 is 5.27. The number of morpholine rings is 1. The Hall–Kier alpha value is -0.610. The van der Waals surface area contributed by atoms with Crippen LogP contribution in [0.15, 0.2) is 0 Å². The molecule has 4 heteroatoms. The minimum absolute atomic E-state index is 0.0165. The molecule has 2 N–H and O–H groups in total. The standard InChI is InChI=1S/C8H16N2O2/c1-6(2)10-8(11)7-5-9-3-4-12-7/h6-7,9H,3-5H2,1-2H3,(H,10,11)/t7-/m0/s1. The van der Waals surface area contributed by atoms with Gasteiger partial charge in [0.2, 0.25) is 0 Å². The molecule has 0 unspecified atom stereocenters. The van der Waals surface area contributed by atoms with Crippen molar-refractivity contribution in [1.82, 2.24) is 10.6 Å². The van der Waals surface area contributed by atoms with Crippen LogP contribution < -0.4 is 10.6 Å². The van der Waals surface area contributed by atoms with Crippen molar-refractivity contribution < 1.29 is 9.53 Å². The molecule has 0 saturated carbocycles. The summed E-state index contributed by atoms with van der Waals surface area (Å²) in [5.74, 6) is -0.0165. The van der Waals surface area contributed by atoms with Crippen molar-refractivity contribution >= 4 is 5.91 Å². The molecule has 12 heavy (non-hydrogen) atoms. The van der Waals surface area contributed by atoms with Gasteiger partial charge in [-0.1, -0.05) is 0 Å². The molecular weight excluding hydrogens is 156 g/mol. The highest BCUT2D eigenvalue weighted by Gasteiger charge is 2.21. The monoisotopic (exact) mass is 172 g/mol. The largest absolute Gasteiger partial charge is 0.366 e. The molecule has 1 amide bonds. The Balaban J connectivity index is 2.30. The minimum atomic E-state index is -0.304. The molecule has 0 aromatic heterocycles. The van der Waals surface area contributed by atoms with Crippen LogP contribution in [0.2, 0.25) is 0 Å². The van der Waals surface area contributed by atoms with Crippen LogP contribution in [-0.2, 0) is 9.53 Å². The topological polar surface area (TPSA) is 50.4 Å². The zero-order valence-electron chi connectivity index (χ0n) is 7.59. The van der Waals surface area contributed by atoms with Gasteiger partial charge in [-0.2, -0.15) is 0 Å². The van der Waals surface area contributed by atoms with Gasteiger partial charge in [0.15, 0.2) is 0 Å². The molecule has 0 aromatic rings. The summed E-state index contributed by atoms with van der Waals surface area (Å²) in [4.78, 5) is 11.3. The highest BCUT2D eigenvalue weighted by atomic mass is 16.5. The van der Waals surface area contributed by atoms with E-state index in [1.165, 1.54) is 0 Å². The van der Waals surface area contributed by atoms with E-state index < -0.39 is 0 Å². The van der Waals surface area contributed by atoms with Crippen molar-refractivity contribution in [3.05, 3.63) is 0 Å². The molecule has 4 nitrogen and oxygen atoms in total. The van der Waals surface area contributed by atoms with Crippen LogP contribution in [0.3, 0.4) is 0 Å². The Bertz CT molecular complexity index is 153. The van der Waals surface area contributed by atoms with Gasteiger partial charge in [-0.15, -0.1) is 0 Å². The number of hydrogen-bond acceptors (Lipinski definition) is 3. The normalized spacial score (nSPS) is 24.1. The van der Waals surface area contributed by atoms with E-state index >= 15 is 0 Å². The van der Waals surface area contributed by atoms with Gasteiger partial charge in [-0.05, 0) is 13.8 Å². The molecule has 0 aromatic carbocycles. The number of rotatable bonds is 2. The molecular formula is C8H16N2O2. The lowest BCUT2D eigenvalue weighted by Gasteiger charge is -2.23. The molecule has 1 aliphatic heterocycles. The Labute approximate surface area is 72.7 Å². The smallest absolute Gasteiger partial charge is 0.250 e. The maximum Gasteiger partial charge on any atom is 0.250 e. The van der Waals surface area contributed by atoms with Gasteiger partial charge >= 0.3 is 0 Å². The van der Waals surface area contributed by atoms with E-state index in [1.807, 2.05) is 13.8 Å². The van der Waals surface area contributed by atoms with Gasteiger partial charge < -0.3 is 15.4 Å². The third-order valence-electron chi connectivity index (χ3n) is 1.65. The van der Waals surface area contributed by atoms with E-state index in [4.69, 9.17) is 4.74 Å². The first-order valence-electron chi connectivity index (χ1n) is 4.33. The lowest BCUT2D eigenvalue weighted by atomic mass is 10.2. The summed E-state index contributed by atoms with van der Waals surface area (Å²) in [6, 6.07) is 0.183. The molecule has 0 radical (unpaired) electrons. The first-order chi connectivity index (χ1) is 5.70. The molecule has 70 valence electrons. The lowest BCUT2D eigenvalue weighted by Crippen LogP contribution is -2.49. The highest BCUT2D eigenvalue weighted by Crippen LogP contribution is 1.96. The van der Waals surface area contributed by atoms with E-state index in [1.54, 1.807) is 0 Å². The Kier molecular flexibility index (Phi) is 3.49. The summed E-state index contributed by atoms with van der Waals surface area (Å²) >= 11 is 0. The fourth-order valence-electron chi connectivity index (χ4n) is 1.11. The maximum absolute atomic E-state index is 11.3. The van der Waals surface area contributed by atoms with Gasteiger partial charge in [0.05, 0.1) is 6.61 Å². The van der Waals surface area contributed by atoms with Crippen LogP contribution in [0.4, 0.5) is 0 Å². The number of ether oxygens (including phenoxy) is 1. The number of amides is 1. The summed E-state index contributed by atoms with van der Waals surface area (Å²) in [6.07, 6.45) is -0.304. The summed E-state index contributed by atoms with van der Waals surface area (Å²) in [7, 11) is 0. The third kappa shape index (κ3) is 2.79. The van der Waals surface area contributed by atoms with Gasteiger partial charge in [-0.25, -0.2) is 0 Å². The van der Waals surface area contributed by atoms with E-state index in [0.717, 1.165) is 6.54 Å². The van der Waals surface area contributed by atoms with Crippen molar-refractivity contribution in [1.29, 1.82) is 0 Å². The molecule has 1 rings (SSSR count).